The fourth-order valence-corrected chi connectivity index (χ4v) is 13.3. The summed E-state index contributed by atoms with van der Waals surface area (Å²) in [5.41, 5.74) is 1.77. The molecule has 4 heterocycles. The van der Waals surface area contributed by atoms with Crippen LogP contribution in [0.15, 0.2) is 72.9 Å². The highest BCUT2D eigenvalue weighted by Gasteiger charge is 2.66. The minimum atomic E-state index is -2.47. The van der Waals surface area contributed by atoms with Crippen LogP contribution in [0, 0.1) is 16.0 Å². The number of nitrogens with zero attached hydrogens (tertiary/aromatic N) is 6. The summed E-state index contributed by atoms with van der Waals surface area (Å²) in [4.78, 5) is 43.8. The van der Waals surface area contributed by atoms with Crippen LogP contribution in [0.4, 0.5) is 17.1 Å². The second-order valence-electron chi connectivity index (χ2n) is 15.6. The summed E-state index contributed by atoms with van der Waals surface area (Å²) >= 11 is 0. The van der Waals surface area contributed by atoms with Crippen LogP contribution in [0.3, 0.4) is 0 Å². The minimum Gasteiger partial charge on any atom is -0.497 e. The molecule has 0 aliphatic carbocycles. The molecule has 2 saturated heterocycles. The fraction of sp³-hybridized carbons (Fsp3) is 0.463. The Kier molecular flexibility index (Phi) is 10.9. The normalized spacial score (nSPS) is 22.9. The summed E-state index contributed by atoms with van der Waals surface area (Å²) in [5, 5.41) is 31.3. The maximum absolute atomic E-state index is 15.3. The fourth-order valence-electron chi connectivity index (χ4n) is 9.22. The molecule has 1 N–H and O–H groups in total. The number of aliphatic hydroxyl groups is 1. The van der Waals surface area contributed by atoms with Gasteiger partial charge in [-0.2, -0.15) is 0 Å². The minimum absolute atomic E-state index is 0.0287. The van der Waals surface area contributed by atoms with Gasteiger partial charge in [-0.05, 0) is 60.7 Å². The number of benzene rings is 3. The van der Waals surface area contributed by atoms with Crippen LogP contribution < -0.4 is 19.7 Å². The zero-order chi connectivity index (χ0) is 38.9. The van der Waals surface area contributed by atoms with Crippen LogP contribution in [0.25, 0.3) is 0 Å². The largest absolute Gasteiger partial charge is 0.497 e. The third-order valence-electron chi connectivity index (χ3n) is 12.0. The van der Waals surface area contributed by atoms with Gasteiger partial charge in [-0.25, -0.2) is 0 Å². The van der Waals surface area contributed by atoms with Crippen molar-refractivity contribution >= 4 is 42.1 Å². The van der Waals surface area contributed by atoms with Crippen molar-refractivity contribution in [3.05, 3.63) is 99.9 Å². The summed E-state index contributed by atoms with van der Waals surface area (Å²) in [7, 11) is -0.833. The molecular weight excluding hydrogens is 717 g/mol. The Labute approximate surface area is 322 Å². The smallest absolute Gasteiger partial charge is 0.269 e. The molecule has 290 valence electrons. The van der Waals surface area contributed by atoms with E-state index in [-0.39, 0.29) is 42.1 Å². The van der Waals surface area contributed by atoms with Crippen molar-refractivity contribution < 1.29 is 29.1 Å². The van der Waals surface area contributed by atoms with Crippen LogP contribution in [0.1, 0.15) is 62.3 Å². The summed E-state index contributed by atoms with van der Waals surface area (Å²) in [6.45, 7) is 7.96. The first-order valence-corrected chi connectivity index (χ1v) is 22.4. The molecule has 2 amide bonds. The zero-order valence-corrected chi connectivity index (χ0v) is 33.0. The van der Waals surface area contributed by atoms with Crippen LogP contribution in [0.2, 0.25) is 18.6 Å². The Morgan fingerprint density at radius 1 is 1.05 bits per heavy atom. The Balaban J connectivity index is 1.28. The first kappa shape index (κ1) is 38.4. The SMILES string of the molecule is COc1ccc([Si](C)(C)[C@H]2[C@H](CCn3cc(CCO)nn3)O[C@@]3(C(=O)N(Cc4cccc(N5CCCCCCC5=O)c4)c4ccc([N+](=O)[O-])cc43)[C@@H]2C)cc1. The average Bonchev–Trinajstić information content (AvgIpc) is 3.82. The number of aryl methyl sites for hydroxylation is 1. The van der Waals surface area contributed by atoms with E-state index in [9.17, 15) is 20.0 Å². The topological polar surface area (TPSA) is 153 Å². The number of nitro groups is 1. The number of anilines is 2. The Bertz CT molecular complexity index is 2050. The number of rotatable bonds is 12. The van der Waals surface area contributed by atoms with Gasteiger partial charge in [0.05, 0.1) is 44.1 Å². The molecule has 3 aromatic carbocycles. The van der Waals surface area contributed by atoms with E-state index in [1.54, 1.807) is 22.8 Å². The molecule has 3 aliphatic rings. The van der Waals surface area contributed by atoms with E-state index < -0.39 is 24.7 Å². The number of carbonyl (C=O) groups is 2. The zero-order valence-electron chi connectivity index (χ0n) is 32.0. The molecule has 14 heteroatoms. The van der Waals surface area contributed by atoms with E-state index in [0.717, 1.165) is 42.7 Å². The lowest BCUT2D eigenvalue weighted by atomic mass is 9.82. The number of hydrogen-bond donors (Lipinski definition) is 1. The van der Waals surface area contributed by atoms with Gasteiger partial charge in [-0.3, -0.25) is 24.4 Å². The van der Waals surface area contributed by atoms with Crippen molar-refractivity contribution in [1.29, 1.82) is 0 Å². The predicted molar refractivity (Wildman–Crippen MR) is 211 cm³/mol. The molecule has 0 unspecified atom stereocenters. The summed E-state index contributed by atoms with van der Waals surface area (Å²) in [5.74, 6) is 0.256. The van der Waals surface area contributed by atoms with Crippen LogP contribution in [-0.4, -0.2) is 71.3 Å². The molecule has 1 aromatic heterocycles. The summed E-state index contributed by atoms with van der Waals surface area (Å²) in [6, 6.07) is 20.6. The number of fused-ring (bicyclic) bond motifs is 2. The van der Waals surface area contributed by atoms with Gasteiger partial charge in [0.15, 0.2) is 5.60 Å². The standard InChI is InChI=1S/C41H50N6O7Si/c1-28-39(55(3,4)34-16-14-33(53-2)15-17-34)37(19-22-44-27-30(20-23-48)42-43-44)54-41(28)35-25-32(47(51)52)13-18-36(35)46(40(41)50)26-29-10-9-11-31(24-29)45-21-8-6-5-7-12-38(45)49/h9-11,13-18,24-25,27-28,37,39,48H,5-8,12,19-23,26H2,1-4H3/t28-,37+,39-,41+/m1/s1. The van der Waals surface area contributed by atoms with Gasteiger partial charge in [0.25, 0.3) is 11.6 Å². The highest BCUT2D eigenvalue weighted by Crippen LogP contribution is 2.60. The van der Waals surface area contributed by atoms with Gasteiger partial charge in [0.1, 0.15) is 5.75 Å². The Morgan fingerprint density at radius 3 is 2.58 bits per heavy atom. The third-order valence-corrected chi connectivity index (χ3v) is 16.4. The Hall–Kier alpha value is -4.92. The second kappa shape index (κ2) is 15.7. The lowest BCUT2D eigenvalue weighted by Crippen LogP contribution is -2.51. The number of non-ortho nitro benzene ring substituents is 1. The van der Waals surface area contributed by atoms with E-state index in [1.807, 2.05) is 47.5 Å². The van der Waals surface area contributed by atoms with E-state index >= 15 is 4.79 Å². The average molecular weight is 767 g/mol. The van der Waals surface area contributed by atoms with Crippen molar-refractivity contribution in [2.75, 3.05) is 30.1 Å². The van der Waals surface area contributed by atoms with E-state index in [1.165, 1.54) is 17.3 Å². The summed E-state index contributed by atoms with van der Waals surface area (Å²) < 4.78 is 14.4. The number of hydrogen-bond acceptors (Lipinski definition) is 9. The predicted octanol–water partition coefficient (Wildman–Crippen LogP) is 5.88. The molecule has 7 rings (SSSR count). The number of carbonyl (C=O) groups excluding carboxylic acids is 2. The maximum atomic E-state index is 15.3. The molecule has 55 heavy (non-hydrogen) atoms. The maximum Gasteiger partial charge on any atom is 0.269 e. The Morgan fingerprint density at radius 2 is 1.84 bits per heavy atom. The number of aliphatic hydroxyl groups excluding tert-OH is 1. The second-order valence-corrected chi connectivity index (χ2v) is 20.3. The van der Waals surface area contributed by atoms with Crippen molar-refractivity contribution in [3.63, 3.8) is 0 Å². The molecule has 1 spiro atoms. The molecule has 0 saturated carbocycles. The van der Waals surface area contributed by atoms with Gasteiger partial charge in [-0.15, -0.1) is 5.10 Å². The molecular formula is C41H50N6O7Si. The third kappa shape index (κ3) is 7.18. The first-order chi connectivity index (χ1) is 26.5. The van der Waals surface area contributed by atoms with Crippen LogP contribution in [-0.2, 0) is 39.4 Å². The molecule has 2 fully saturated rings. The molecule has 0 bridgehead atoms. The van der Waals surface area contributed by atoms with Gasteiger partial charge in [0, 0.05) is 68.0 Å². The number of amides is 2. The number of aromatic nitrogens is 3. The van der Waals surface area contributed by atoms with E-state index in [2.05, 4.69) is 42.5 Å². The molecule has 0 radical (unpaired) electrons. The molecule has 3 aliphatic heterocycles. The number of methoxy groups -OCH3 is 1. The lowest BCUT2D eigenvalue weighted by molar-refractivity contribution is -0.385. The highest BCUT2D eigenvalue weighted by molar-refractivity contribution is 6.91. The van der Waals surface area contributed by atoms with Crippen molar-refractivity contribution in [2.24, 2.45) is 5.92 Å². The highest BCUT2D eigenvalue weighted by atomic mass is 28.3. The van der Waals surface area contributed by atoms with E-state index in [4.69, 9.17) is 9.47 Å². The lowest BCUT2D eigenvalue weighted by Gasteiger charge is -2.37. The van der Waals surface area contributed by atoms with Crippen molar-refractivity contribution in [3.8, 4) is 5.75 Å². The van der Waals surface area contributed by atoms with E-state index in [0.29, 0.717) is 49.3 Å². The summed E-state index contributed by atoms with van der Waals surface area (Å²) in [6.07, 6.45) is 6.81. The molecule has 4 atom stereocenters. The molecule has 13 nitrogen and oxygen atoms in total. The first-order valence-electron chi connectivity index (χ1n) is 19.3. The van der Waals surface area contributed by atoms with Crippen molar-refractivity contribution in [2.45, 2.75) is 95.3 Å². The van der Waals surface area contributed by atoms with Gasteiger partial charge < -0.3 is 24.4 Å². The van der Waals surface area contributed by atoms with Crippen molar-refractivity contribution in [1.82, 2.24) is 15.0 Å². The van der Waals surface area contributed by atoms with Crippen LogP contribution >= 0.6 is 0 Å². The number of ether oxygens (including phenoxy) is 2. The molecule has 4 aromatic rings. The van der Waals surface area contributed by atoms with Gasteiger partial charge in [0.2, 0.25) is 5.91 Å². The van der Waals surface area contributed by atoms with Gasteiger partial charge >= 0.3 is 0 Å². The van der Waals surface area contributed by atoms with Gasteiger partial charge in [-0.1, -0.05) is 67.5 Å². The van der Waals surface area contributed by atoms with Crippen LogP contribution in [0.5, 0.6) is 5.75 Å². The quantitative estimate of drug-likeness (QED) is 0.106. The monoisotopic (exact) mass is 766 g/mol. The number of nitro benzene ring substituents is 1.